The van der Waals surface area contributed by atoms with Gasteiger partial charge < -0.3 is 28.6 Å². The molecular formula is C114H73N5OS2. The summed E-state index contributed by atoms with van der Waals surface area (Å²) in [5, 5.41) is 24.9. The Morgan fingerprint density at radius 2 is 0.500 bits per heavy atom. The Morgan fingerprint density at radius 3 is 1.07 bits per heavy atom. The summed E-state index contributed by atoms with van der Waals surface area (Å²) >= 11 is 3.84. The molecule has 0 fully saturated rings. The predicted octanol–water partition coefficient (Wildman–Crippen LogP) is 33.9. The van der Waals surface area contributed by atoms with Gasteiger partial charge in [-0.1, -0.05) is 285 Å². The number of nitrogens with zero attached hydrogens (tertiary/aromatic N) is 5. The van der Waals surface area contributed by atoms with Gasteiger partial charge in [-0.25, -0.2) is 0 Å². The minimum atomic E-state index is 0.872. The molecule has 0 radical (unpaired) electrons. The first-order valence-corrected chi connectivity index (χ1v) is 43.2. The summed E-state index contributed by atoms with van der Waals surface area (Å²) in [4.78, 5) is 9.59. The quantitative estimate of drug-likeness (QED) is 0.107. The highest BCUT2D eigenvalue weighted by molar-refractivity contribution is 7.28. The monoisotopic (exact) mass is 1590 g/mol. The van der Waals surface area contributed by atoms with E-state index in [1.165, 1.54) is 127 Å². The average molecular weight is 1590 g/mol. The zero-order valence-corrected chi connectivity index (χ0v) is 67.7. The van der Waals surface area contributed by atoms with Crippen LogP contribution in [0.2, 0.25) is 0 Å². The van der Waals surface area contributed by atoms with Crippen LogP contribution in [-0.4, -0.2) is 4.57 Å². The molecule has 0 saturated carbocycles. The molecule has 0 unspecified atom stereocenters. The first-order chi connectivity index (χ1) is 60.6. The van der Waals surface area contributed by atoms with Crippen LogP contribution in [0.1, 0.15) is 0 Å². The standard InChI is InChI=1S/C58H36N2OS.C56H37N3S/c1-4-17-37(18-5-1)59(41-32-34-46-45-25-14-15-30-52(45)61-53(46)36-41)40-31-33-44-42-23-11-13-27-49(42)57-56(50(44)35-40)55-48-26-12-10-24-43(48)47-28-16-29-51(54(47)58(55)62-57)60(38-19-6-2-7-20-38)39-21-8-3-9-22-39;1-5-17-38(18-6-1)57(39-19-7-2-8-20-39)51-29-15-26-47-45(51)33-35-49-50-36-34-46-48(56(50)60-55(47)49)27-16-30-52(46)58(40-21-9-3-10-22-40)42-31-32-44-43-25-13-14-28-53(43)59(54(44)37-42)41-23-11-4-12-24-41/h1-36H;1-37H. The molecule has 0 aliphatic rings. The molecule has 25 rings (SSSR count). The third-order valence-corrected chi connectivity index (χ3v) is 27.0. The van der Waals surface area contributed by atoms with E-state index in [1.54, 1.807) is 0 Å². The number of benzene rings is 21. The zero-order chi connectivity index (χ0) is 80.3. The fourth-order valence-electron chi connectivity index (χ4n) is 19.2. The topological polar surface area (TPSA) is 31.0 Å². The third-order valence-electron chi connectivity index (χ3n) is 24.5. The molecule has 0 saturated heterocycles. The molecule has 0 N–H and O–H groups in total. The van der Waals surface area contributed by atoms with Crippen LogP contribution in [0, 0.1) is 0 Å². The van der Waals surface area contributed by atoms with E-state index in [0.717, 1.165) is 95.9 Å². The first kappa shape index (κ1) is 70.6. The Hall–Kier alpha value is -15.6. The summed E-state index contributed by atoms with van der Waals surface area (Å²) in [6.45, 7) is 0. The van der Waals surface area contributed by atoms with Crippen LogP contribution in [0.15, 0.2) is 447 Å². The molecule has 0 bridgehead atoms. The number of hydrogen-bond donors (Lipinski definition) is 0. The van der Waals surface area contributed by atoms with Gasteiger partial charge >= 0.3 is 0 Å². The van der Waals surface area contributed by atoms with Crippen molar-refractivity contribution in [3.8, 4) is 5.69 Å². The van der Waals surface area contributed by atoms with Crippen LogP contribution in [0.4, 0.5) is 68.2 Å². The summed E-state index contributed by atoms with van der Waals surface area (Å²) in [5.74, 6) is 0. The number of para-hydroxylation sites is 9. The number of rotatable bonds is 13. The second kappa shape index (κ2) is 29.2. The number of thiophene rings is 2. The lowest BCUT2D eigenvalue weighted by Gasteiger charge is -2.27. The van der Waals surface area contributed by atoms with Gasteiger partial charge in [-0.2, -0.15) is 0 Å². The van der Waals surface area contributed by atoms with Gasteiger partial charge in [-0.15, -0.1) is 22.7 Å². The maximum atomic E-state index is 6.46. The van der Waals surface area contributed by atoms with Gasteiger partial charge in [0, 0.05) is 157 Å². The molecule has 0 atom stereocenters. The van der Waals surface area contributed by atoms with E-state index in [1.807, 2.05) is 34.8 Å². The van der Waals surface area contributed by atoms with E-state index >= 15 is 0 Å². The van der Waals surface area contributed by atoms with E-state index in [0.29, 0.717) is 0 Å². The molecule has 0 aliphatic carbocycles. The van der Waals surface area contributed by atoms with Gasteiger partial charge in [0.05, 0.1) is 28.1 Å². The summed E-state index contributed by atoms with van der Waals surface area (Å²) in [6.07, 6.45) is 0. The largest absolute Gasteiger partial charge is 0.456 e. The van der Waals surface area contributed by atoms with E-state index in [-0.39, 0.29) is 0 Å². The molecule has 0 spiro atoms. The fraction of sp³-hybridized carbons (Fsp3) is 0. The number of aromatic nitrogens is 1. The Labute approximate surface area is 711 Å². The first-order valence-electron chi connectivity index (χ1n) is 41.5. The molecule has 4 aromatic heterocycles. The summed E-state index contributed by atoms with van der Waals surface area (Å²) in [6, 6.07) is 160. The highest BCUT2D eigenvalue weighted by Crippen LogP contribution is 2.55. The lowest BCUT2D eigenvalue weighted by Crippen LogP contribution is -2.10. The average Bonchev–Trinajstić information content (AvgIpc) is 1.52. The van der Waals surface area contributed by atoms with Crippen molar-refractivity contribution in [3.05, 3.63) is 443 Å². The van der Waals surface area contributed by atoms with Crippen LogP contribution < -0.4 is 19.6 Å². The molecular weight excluding hydrogens is 1520 g/mol. The predicted molar refractivity (Wildman–Crippen MR) is 524 cm³/mol. The molecule has 6 nitrogen and oxygen atoms in total. The van der Waals surface area contributed by atoms with Gasteiger partial charge in [0.1, 0.15) is 11.2 Å². The normalized spacial score (nSPS) is 11.8. The van der Waals surface area contributed by atoms with Gasteiger partial charge in [-0.3, -0.25) is 0 Å². The molecule has 25 aromatic rings. The van der Waals surface area contributed by atoms with Crippen molar-refractivity contribution < 1.29 is 4.42 Å². The molecule has 122 heavy (non-hydrogen) atoms. The molecule has 572 valence electrons. The SMILES string of the molecule is c1ccc(N(c2ccc3c(c2)oc2ccccc23)c2ccc3c4ccccc4c4sc5c6c(N(c7ccccc7)c7ccccc7)cccc6c6ccccc6c5c4c3c2)cc1.c1ccc(N(c2ccccc2)c2cccc3c2ccc2c4ccc5c(N(c6ccccc6)c6ccc7c8ccccc8n(-c8ccccc8)c7c6)cccc5c4sc32)cc1. The Balaban J connectivity index is 0.000000138. The van der Waals surface area contributed by atoms with E-state index in [4.69, 9.17) is 4.42 Å². The number of hydrogen-bond acceptors (Lipinski definition) is 7. The number of anilines is 12. The van der Waals surface area contributed by atoms with Crippen LogP contribution in [0.3, 0.4) is 0 Å². The Kier molecular flexibility index (Phi) is 16.9. The fourth-order valence-corrected chi connectivity index (χ4v) is 22.0. The smallest absolute Gasteiger partial charge is 0.137 e. The van der Waals surface area contributed by atoms with E-state index < -0.39 is 0 Å². The minimum absolute atomic E-state index is 0.872. The lowest BCUT2D eigenvalue weighted by molar-refractivity contribution is 0.669. The zero-order valence-electron chi connectivity index (χ0n) is 66.1. The van der Waals surface area contributed by atoms with Crippen molar-refractivity contribution in [3.63, 3.8) is 0 Å². The van der Waals surface area contributed by atoms with Gasteiger partial charge in [0.25, 0.3) is 0 Å². The van der Waals surface area contributed by atoms with Crippen molar-refractivity contribution >= 4 is 240 Å². The highest BCUT2D eigenvalue weighted by atomic mass is 32.1. The molecule has 0 amide bonds. The van der Waals surface area contributed by atoms with Crippen molar-refractivity contribution in [2.24, 2.45) is 0 Å². The Morgan fingerprint density at radius 1 is 0.172 bits per heavy atom. The number of fused-ring (bicyclic) bond motifs is 26. The van der Waals surface area contributed by atoms with Crippen molar-refractivity contribution in [2.75, 3.05) is 19.6 Å². The van der Waals surface area contributed by atoms with Gasteiger partial charge in [0.2, 0.25) is 0 Å². The van der Waals surface area contributed by atoms with E-state index in [9.17, 15) is 0 Å². The van der Waals surface area contributed by atoms with Crippen molar-refractivity contribution in [1.82, 2.24) is 4.57 Å². The summed E-state index contributed by atoms with van der Waals surface area (Å²) < 4.78 is 14.1. The second-order valence-electron chi connectivity index (χ2n) is 31.3. The third kappa shape index (κ3) is 11.5. The maximum absolute atomic E-state index is 6.46. The van der Waals surface area contributed by atoms with Gasteiger partial charge in [0.15, 0.2) is 0 Å². The molecule has 0 aliphatic heterocycles. The minimum Gasteiger partial charge on any atom is -0.456 e. The molecule has 4 heterocycles. The van der Waals surface area contributed by atoms with Gasteiger partial charge in [-0.05, 0) is 184 Å². The van der Waals surface area contributed by atoms with Crippen LogP contribution in [0.5, 0.6) is 0 Å². The lowest BCUT2D eigenvalue weighted by atomic mass is 9.92. The van der Waals surface area contributed by atoms with Crippen LogP contribution in [0.25, 0.3) is 154 Å². The summed E-state index contributed by atoms with van der Waals surface area (Å²) in [7, 11) is 0. The van der Waals surface area contributed by atoms with E-state index in [2.05, 4.69) is 455 Å². The molecule has 8 heteroatoms. The van der Waals surface area contributed by atoms with Crippen LogP contribution in [-0.2, 0) is 0 Å². The number of furan rings is 1. The van der Waals surface area contributed by atoms with Crippen molar-refractivity contribution in [2.45, 2.75) is 0 Å². The van der Waals surface area contributed by atoms with Crippen molar-refractivity contribution in [1.29, 1.82) is 0 Å². The van der Waals surface area contributed by atoms with Crippen LogP contribution >= 0.6 is 22.7 Å². The summed E-state index contributed by atoms with van der Waals surface area (Å²) in [5.41, 5.74) is 18.7. The molecule has 21 aromatic carbocycles. The highest BCUT2D eigenvalue weighted by Gasteiger charge is 2.28. The maximum Gasteiger partial charge on any atom is 0.137 e. The second-order valence-corrected chi connectivity index (χ2v) is 33.3. The Bertz CT molecular complexity index is 8320.